The molecule has 162 valence electrons. The molecule has 1 aromatic carbocycles. The van der Waals surface area contributed by atoms with E-state index in [2.05, 4.69) is 4.90 Å². The molecule has 2 heterocycles. The largest absolute Gasteiger partial charge is 0.494 e. The van der Waals surface area contributed by atoms with Crippen LogP contribution in [0.3, 0.4) is 0 Å². The van der Waals surface area contributed by atoms with Crippen LogP contribution in [0, 0.1) is 0 Å². The number of rotatable bonds is 6. The van der Waals surface area contributed by atoms with Gasteiger partial charge in [-0.15, -0.1) is 0 Å². The SMILES string of the molecule is CCOc1ccc(S(=O)(=O)N2CCN(C(=O)CN3C[C@@H](C)O[C@@H](C)C3)CC2)cc1. The smallest absolute Gasteiger partial charge is 0.243 e. The summed E-state index contributed by atoms with van der Waals surface area (Å²) >= 11 is 0. The number of amides is 1. The summed E-state index contributed by atoms with van der Waals surface area (Å²) in [5, 5.41) is 0. The summed E-state index contributed by atoms with van der Waals surface area (Å²) in [5.74, 6) is 0.693. The van der Waals surface area contributed by atoms with Gasteiger partial charge >= 0.3 is 0 Å². The van der Waals surface area contributed by atoms with Gasteiger partial charge in [-0.3, -0.25) is 9.69 Å². The fourth-order valence-electron chi connectivity index (χ4n) is 3.91. The minimum atomic E-state index is -3.57. The summed E-state index contributed by atoms with van der Waals surface area (Å²) in [7, 11) is -3.57. The lowest BCUT2D eigenvalue weighted by molar-refractivity contribution is -0.137. The zero-order chi connectivity index (χ0) is 21.0. The summed E-state index contributed by atoms with van der Waals surface area (Å²) < 4.78 is 38.3. The van der Waals surface area contributed by atoms with Crippen LogP contribution in [0.25, 0.3) is 0 Å². The van der Waals surface area contributed by atoms with E-state index in [1.165, 1.54) is 4.31 Å². The molecule has 0 radical (unpaired) electrons. The maximum Gasteiger partial charge on any atom is 0.243 e. The van der Waals surface area contributed by atoms with Crippen molar-refractivity contribution in [3.63, 3.8) is 0 Å². The van der Waals surface area contributed by atoms with Crippen LogP contribution in [0.15, 0.2) is 29.2 Å². The van der Waals surface area contributed by atoms with Gasteiger partial charge < -0.3 is 14.4 Å². The zero-order valence-corrected chi connectivity index (χ0v) is 18.2. The summed E-state index contributed by atoms with van der Waals surface area (Å²) in [4.78, 5) is 16.8. The van der Waals surface area contributed by atoms with Crippen molar-refractivity contribution in [3.05, 3.63) is 24.3 Å². The summed E-state index contributed by atoms with van der Waals surface area (Å²) in [6.07, 6.45) is 0.227. The Hall–Kier alpha value is -1.68. The Morgan fingerprint density at radius 2 is 1.66 bits per heavy atom. The van der Waals surface area contributed by atoms with Crippen LogP contribution in [0.4, 0.5) is 0 Å². The van der Waals surface area contributed by atoms with Gasteiger partial charge in [0, 0.05) is 39.3 Å². The van der Waals surface area contributed by atoms with Gasteiger partial charge in [-0.1, -0.05) is 0 Å². The van der Waals surface area contributed by atoms with E-state index < -0.39 is 10.0 Å². The summed E-state index contributed by atoms with van der Waals surface area (Å²) in [6.45, 7) is 9.68. The molecule has 1 aromatic rings. The second-order valence-electron chi connectivity index (χ2n) is 7.64. The number of nitrogens with zero attached hydrogens (tertiary/aromatic N) is 3. The molecule has 0 aliphatic carbocycles. The number of carbonyl (C=O) groups is 1. The Labute approximate surface area is 173 Å². The number of piperazine rings is 1. The van der Waals surface area contributed by atoms with E-state index in [1.807, 2.05) is 20.8 Å². The van der Waals surface area contributed by atoms with E-state index >= 15 is 0 Å². The van der Waals surface area contributed by atoms with Gasteiger partial charge in [0.2, 0.25) is 15.9 Å². The average molecular weight is 426 g/mol. The minimum absolute atomic E-state index is 0.0458. The first-order valence-corrected chi connectivity index (χ1v) is 11.6. The number of benzene rings is 1. The fraction of sp³-hybridized carbons (Fsp3) is 0.650. The highest BCUT2D eigenvalue weighted by Gasteiger charge is 2.31. The normalized spacial score (nSPS) is 24.4. The van der Waals surface area contributed by atoms with Gasteiger partial charge in [0.25, 0.3) is 0 Å². The van der Waals surface area contributed by atoms with Crippen molar-refractivity contribution in [1.82, 2.24) is 14.1 Å². The van der Waals surface area contributed by atoms with Gasteiger partial charge in [0.1, 0.15) is 5.75 Å². The molecule has 29 heavy (non-hydrogen) atoms. The lowest BCUT2D eigenvalue weighted by Gasteiger charge is -2.38. The van der Waals surface area contributed by atoms with Gasteiger partial charge in [-0.25, -0.2) is 8.42 Å². The van der Waals surface area contributed by atoms with Crippen molar-refractivity contribution in [2.45, 2.75) is 37.9 Å². The lowest BCUT2D eigenvalue weighted by atomic mass is 10.2. The molecule has 3 rings (SSSR count). The van der Waals surface area contributed by atoms with E-state index in [4.69, 9.17) is 9.47 Å². The molecule has 8 nitrogen and oxygen atoms in total. The van der Waals surface area contributed by atoms with Crippen LogP contribution >= 0.6 is 0 Å². The first kappa shape index (κ1) is 22.0. The molecule has 2 saturated heterocycles. The lowest BCUT2D eigenvalue weighted by Crippen LogP contribution is -2.54. The first-order valence-electron chi connectivity index (χ1n) is 10.2. The third-order valence-corrected chi connectivity index (χ3v) is 7.13. The monoisotopic (exact) mass is 425 g/mol. The summed E-state index contributed by atoms with van der Waals surface area (Å²) in [6, 6.07) is 6.47. The van der Waals surface area contributed by atoms with Crippen molar-refractivity contribution in [2.24, 2.45) is 0 Å². The second kappa shape index (κ2) is 9.42. The Bertz CT molecular complexity index is 781. The number of hydrogen-bond acceptors (Lipinski definition) is 6. The van der Waals surface area contributed by atoms with E-state index in [-0.39, 0.29) is 23.0 Å². The van der Waals surface area contributed by atoms with Crippen LogP contribution in [-0.4, -0.2) is 93.1 Å². The molecule has 0 bridgehead atoms. The highest BCUT2D eigenvalue weighted by atomic mass is 32.2. The highest BCUT2D eigenvalue weighted by Crippen LogP contribution is 2.21. The van der Waals surface area contributed by atoms with Gasteiger partial charge in [0.05, 0.1) is 30.3 Å². The van der Waals surface area contributed by atoms with Gasteiger partial charge in [0.15, 0.2) is 0 Å². The maximum absolute atomic E-state index is 12.9. The standard InChI is InChI=1S/C20H31N3O5S/c1-4-27-18-5-7-19(8-6-18)29(25,26)23-11-9-22(10-12-23)20(24)15-21-13-16(2)28-17(3)14-21/h5-8,16-17H,4,9-15H2,1-3H3/t16-,17+. The maximum atomic E-state index is 12.9. The Balaban J connectivity index is 1.54. The van der Waals surface area contributed by atoms with Crippen molar-refractivity contribution in [1.29, 1.82) is 0 Å². The van der Waals surface area contributed by atoms with Crippen molar-refractivity contribution >= 4 is 15.9 Å². The highest BCUT2D eigenvalue weighted by molar-refractivity contribution is 7.89. The molecule has 2 aliphatic heterocycles. The molecule has 2 aliphatic rings. The molecule has 0 N–H and O–H groups in total. The molecule has 2 atom stereocenters. The topological polar surface area (TPSA) is 79.4 Å². The number of sulfonamides is 1. The number of ether oxygens (including phenoxy) is 2. The Morgan fingerprint density at radius 1 is 1.07 bits per heavy atom. The molecule has 0 spiro atoms. The van der Waals surface area contributed by atoms with Crippen molar-refractivity contribution in [3.8, 4) is 5.75 Å². The molecule has 0 unspecified atom stereocenters. The number of morpholine rings is 1. The van der Waals surface area contributed by atoms with Gasteiger partial charge in [-0.05, 0) is 45.0 Å². The Morgan fingerprint density at radius 3 is 2.21 bits per heavy atom. The van der Waals surface area contributed by atoms with Gasteiger partial charge in [-0.2, -0.15) is 4.31 Å². The summed E-state index contributed by atoms with van der Waals surface area (Å²) in [5.41, 5.74) is 0. The third-order valence-electron chi connectivity index (χ3n) is 5.22. The molecular formula is C20H31N3O5S. The fourth-order valence-corrected chi connectivity index (χ4v) is 5.33. The Kier molecular flexibility index (Phi) is 7.15. The molecule has 0 aromatic heterocycles. The number of carbonyl (C=O) groups excluding carboxylic acids is 1. The van der Waals surface area contributed by atoms with Crippen molar-refractivity contribution in [2.75, 3.05) is 52.4 Å². The van der Waals surface area contributed by atoms with E-state index in [1.54, 1.807) is 29.2 Å². The molecular weight excluding hydrogens is 394 g/mol. The van der Waals surface area contributed by atoms with Crippen LogP contribution in [0.2, 0.25) is 0 Å². The van der Waals surface area contributed by atoms with Crippen LogP contribution in [0.1, 0.15) is 20.8 Å². The predicted molar refractivity (Wildman–Crippen MR) is 109 cm³/mol. The van der Waals surface area contributed by atoms with Crippen molar-refractivity contribution < 1.29 is 22.7 Å². The molecule has 0 saturated carbocycles. The quantitative estimate of drug-likeness (QED) is 0.677. The minimum Gasteiger partial charge on any atom is -0.494 e. The molecule has 9 heteroatoms. The number of hydrogen-bond donors (Lipinski definition) is 0. The van der Waals surface area contributed by atoms with E-state index in [0.29, 0.717) is 45.1 Å². The second-order valence-corrected chi connectivity index (χ2v) is 9.58. The molecule has 1 amide bonds. The molecule has 2 fully saturated rings. The zero-order valence-electron chi connectivity index (χ0n) is 17.4. The van der Waals surface area contributed by atoms with E-state index in [0.717, 1.165) is 13.1 Å². The predicted octanol–water partition coefficient (Wildman–Crippen LogP) is 1.03. The third kappa shape index (κ3) is 5.48. The van der Waals surface area contributed by atoms with E-state index in [9.17, 15) is 13.2 Å². The van der Waals surface area contributed by atoms with Crippen LogP contribution in [-0.2, 0) is 19.6 Å². The first-order chi connectivity index (χ1) is 13.8. The average Bonchev–Trinajstić information content (AvgIpc) is 2.68. The van der Waals surface area contributed by atoms with Crippen LogP contribution in [0.5, 0.6) is 5.75 Å². The van der Waals surface area contributed by atoms with Crippen LogP contribution < -0.4 is 4.74 Å².